The summed E-state index contributed by atoms with van der Waals surface area (Å²) in [5.74, 6) is 0.323. The average molecular weight is 341 g/mol. The molecule has 0 saturated heterocycles. The molecule has 0 bridgehead atoms. The number of furan rings is 1. The van der Waals surface area contributed by atoms with E-state index in [2.05, 4.69) is 10.3 Å². The first-order valence-electron chi connectivity index (χ1n) is 7.40. The smallest absolute Gasteiger partial charge is 0.315 e. The number of aryl methyl sites for hydroxylation is 1. The molecule has 1 N–H and O–H groups in total. The number of rotatable bonds is 4. The number of hydrogen-bond donors (Lipinski definition) is 1. The molecule has 3 aromatic rings. The number of nitrogens with zero attached hydrogens (tertiary/aromatic N) is 2. The molecule has 0 aliphatic carbocycles. The van der Waals surface area contributed by atoms with Crippen molar-refractivity contribution in [3.8, 4) is 17.1 Å². The third-order valence-electron chi connectivity index (χ3n) is 3.65. The van der Waals surface area contributed by atoms with Gasteiger partial charge in [0.05, 0.1) is 35.6 Å². The third kappa shape index (κ3) is 3.01. The number of pyridine rings is 1. The lowest BCUT2D eigenvalue weighted by atomic mass is 10.0. The van der Waals surface area contributed by atoms with Crippen LogP contribution in [-0.2, 0) is 4.79 Å². The highest BCUT2D eigenvalue weighted by Gasteiger charge is 2.22. The van der Waals surface area contributed by atoms with Crippen molar-refractivity contribution in [1.29, 1.82) is 0 Å². The van der Waals surface area contributed by atoms with E-state index in [-0.39, 0.29) is 17.4 Å². The van der Waals surface area contributed by atoms with Crippen LogP contribution in [-0.4, -0.2) is 22.9 Å². The van der Waals surface area contributed by atoms with Crippen LogP contribution in [0.15, 0.2) is 34.9 Å². The number of hydrogen-bond acceptors (Lipinski definition) is 6. The highest BCUT2D eigenvalue weighted by molar-refractivity contribution is 6.01. The maximum Gasteiger partial charge on any atom is 0.315 e. The van der Waals surface area contributed by atoms with Gasteiger partial charge in [0.15, 0.2) is 0 Å². The van der Waals surface area contributed by atoms with Gasteiger partial charge in [-0.05, 0) is 19.1 Å². The number of ether oxygens (including phenoxy) is 1. The van der Waals surface area contributed by atoms with Gasteiger partial charge in [0, 0.05) is 29.6 Å². The van der Waals surface area contributed by atoms with Crippen LogP contribution in [0, 0.1) is 17.0 Å². The number of nitrogens with one attached hydrogen (secondary N) is 1. The van der Waals surface area contributed by atoms with Gasteiger partial charge in [-0.3, -0.25) is 19.9 Å². The second-order valence-electron chi connectivity index (χ2n) is 5.45. The third-order valence-corrected chi connectivity index (χ3v) is 3.65. The molecule has 0 unspecified atom stereocenters. The van der Waals surface area contributed by atoms with E-state index in [1.165, 1.54) is 26.4 Å². The SMILES string of the molecule is COc1cc2nc(C)cc(-c3occc3[N+](=O)[O-])c2cc1NC(C)=O. The van der Waals surface area contributed by atoms with E-state index in [4.69, 9.17) is 9.15 Å². The number of anilines is 1. The number of carbonyl (C=O) groups is 1. The van der Waals surface area contributed by atoms with E-state index in [9.17, 15) is 14.9 Å². The Hall–Kier alpha value is -3.42. The monoisotopic (exact) mass is 341 g/mol. The number of methoxy groups -OCH3 is 1. The van der Waals surface area contributed by atoms with Crippen molar-refractivity contribution in [2.24, 2.45) is 0 Å². The Morgan fingerprint density at radius 2 is 2.12 bits per heavy atom. The minimum Gasteiger partial charge on any atom is -0.494 e. The molecule has 25 heavy (non-hydrogen) atoms. The van der Waals surface area contributed by atoms with Crippen LogP contribution >= 0.6 is 0 Å². The molecule has 0 fully saturated rings. The van der Waals surface area contributed by atoms with Crippen LogP contribution in [0.5, 0.6) is 5.75 Å². The van der Waals surface area contributed by atoms with E-state index >= 15 is 0 Å². The standard InChI is InChI=1S/C17H15N3O5/c1-9-6-12(17-15(20(22)23)4-5-25-17)11-7-14(19-10(2)21)16(24-3)8-13(11)18-9/h4-8H,1-3H3,(H,19,21). The fraction of sp³-hybridized carbons (Fsp3) is 0.176. The summed E-state index contributed by atoms with van der Waals surface area (Å²) < 4.78 is 10.7. The average Bonchev–Trinajstić information content (AvgIpc) is 3.03. The molecule has 3 rings (SSSR count). The van der Waals surface area contributed by atoms with Gasteiger partial charge in [0.2, 0.25) is 11.7 Å². The molecule has 0 aliphatic rings. The molecule has 0 radical (unpaired) electrons. The number of fused-ring (bicyclic) bond motifs is 1. The van der Waals surface area contributed by atoms with Crippen LogP contribution < -0.4 is 10.1 Å². The van der Waals surface area contributed by atoms with Gasteiger partial charge in [-0.2, -0.15) is 0 Å². The Morgan fingerprint density at radius 3 is 2.76 bits per heavy atom. The molecule has 1 aromatic carbocycles. The number of carbonyl (C=O) groups excluding carboxylic acids is 1. The van der Waals surface area contributed by atoms with Crippen molar-refractivity contribution in [2.45, 2.75) is 13.8 Å². The molecule has 0 atom stereocenters. The molecular formula is C17H15N3O5. The van der Waals surface area contributed by atoms with Gasteiger partial charge < -0.3 is 14.5 Å². The zero-order valence-corrected chi connectivity index (χ0v) is 13.8. The first-order chi connectivity index (χ1) is 11.9. The summed E-state index contributed by atoms with van der Waals surface area (Å²) in [5, 5.41) is 14.5. The Labute approximate surface area is 142 Å². The van der Waals surface area contributed by atoms with Gasteiger partial charge in [0.1, 0.15) is 5.75 Å². The van der Waals surface area contributed by atoms with E-state index in [1.54, 1.807) is 25.1 Å². The second-order valence-corrected chi connectivity index (χ2v) is 5.45. The Morgan fingerprint density at radius 1 is 1.36 bits per heavy atom. The highest BCUT2D eigenvalue weighted by atomic mass is 16.6. The number of benzene rings is 1. The fourth-order valence-electron chi connectivity index (χ4n) is 2.68. The number of aromatic nitrogens is 1. The van der Waals surface area contributed by atoms with Gasteiger partial charge in [0.25, 0.3) is 0 Å². The molecule has 0 saturated carbocycles. The van der Waals surface area contributed by atoms with Crippen molar-refractivity contribution in [1.82, 2.24) is 4.98 Å². The van der Waals surface area contributed by atoms with Crippen LogP contribution in [0.1, 0.15) is 12.6 Å². The normalized spacial score (nSPS) is 10.7. The van der Waals surface area contributed by atoms with Crippen molar-refractivity contribution < 1.29 is 18.9 Å². The summed E-state index contributed by atoms with van der Waals surface area (Å²) in [6, 6.07) is 6.35. The Bertz CT molecular complexity index is 993. The van der Waals surface area contributed by atoms with Crippen molar-refractivity contribution in [3.05, 3.63) is 46.3 Å². The van der Waals surface area contributed by atoms with Gasteiger partial charge in [-0.1, -0.05) is 0 Å². The maximum atomic E-state index is 11.4. The van der Waals surface area contributed by atoms with Crippen molar-refractivity contribution >= 4 is 28.2 Å². The summed E-state index contributed by atoms with van der Waals surface area (Å²) in [7, 11) is 1.49. The lowest BCUT2D eigenvalue weighted by molar-refractivity contribution is -0.384. The van der Waals surface area contributed by atoms with Crippen molar-refractivity contribution in [2.75, 3.05) is 12.4 Å². The second kappa shape index (κ2) is 6.23. The molecule has 0 aliphatic heterocycles. The molecule has 8 nitrogen and oxygen atoms in total. The first kappa shape index (κ1) is 16.4. The van der Waals surface area contributed by atoms with Crippen LogP contribution in [0.25, 0.3) is 22.2 Å². The zero-order chi connectivity index (χ0) is 18.1. The molecule has 0 spiro atoms. The molecule has 8 heteroatoms. The van der Waals surface area contributed by atoms with Gasteiger partial charge >= 0.3 is 5.69 Å². The van der Waals surface area contributed by atoms with Gasteiger partial charge in [-0.25, -0.2) is 0 Å². The van der Waals surface area contributed by atoms with E-state index < -0.39 is 4.92 Å². The summed E-state index contributed by atoms with van der Waals surface area (Å²) >= 11 is 0. The topological polar surface area (TPSA) is 108 Å². The lowest BCUT2D eigenvalue weighted by Crippen LogP contribution is -2.07. The van der Waals surface area contributed by atoms with Gasteiger partial charge in [-0.15, -0.1) is 0 Å². The predicted molar refractivity (Wildman–Crippen MR) is 91.7 cm³/mol. The molecule has 1 amide bonds. The molecule has 2 aromatic heterocycles. The largest absolute Gasteiger partial charge is 0.494 e. The van der Waals surface area contributed by atoms with Crippen molar-refractivity contribution in [3.63, 3.8) is 0 Å². The Balaban J connectivity index is 2.33. The van der Waals surface area contributed by atoms with E-state index in [0.717, 1.165) is 0 Å². The molecule has 2 heterocycles. The maximum absolute atomic E-state index is 11.4. The highest BCUT2D eigenvalue weighted by Crippen LogP contribution is 2.39. The van der Waals surface area contributed by atoms with E-state index in [0.29, 0.717) is 33.6 Å². The summed E-state index contributed by atoms with van der Waals surface area (Å²) in [5.41, 5.74) is 2.08. The minimum atomic E-state index is -0.501. The zero-order valence-electron chi connectivity index (χ0n) is 13.8. The summed E-state index contributed by atoms with van der Waals surface area (Å²) in [6.45, 7) is 3.17. The number of nitro groups is 1. The Kier molecular flexibility index (Phi) is 4.10. The van der Waals surface area contributed by atoms with Crippen LogP contribution in [0.4, 0.5) is 11.4 Å². The first-order valence-corrected chi connectivity index (χ1v) is 7.40. The van der Waals surface area contributed by atoms with E-state index in [1.807, 2.05) is 0 Å². The molecular weight excluding hydrogens is 326 g/mol. The quantitative estimate of drug-likeness (QED) is 0.573. The molecule has 128 valence electrons. The minimum absolute atomic E-state index is 0.135. The summed E-state index contributed by atoms with van der Waals surface area (Å²) in [4.78, 5) is 26.6. The van der Waals surface area contributed by atoms with Crippen LogP contribution in [0.3, 0.4) is 0 Å². The number of amides is 1. The lowest BCUT2D eigenvalue weighted by Gasteiger charge is -2.12. The predicted octanol–water partition coefficient (Wildman–Crippen LogP) is 3.68. The fourth-order valence-corrected chi connectivity index (χ4v) is 2.68. The summed E-state index contributed by atoms with van der Waals surface area (Å²) in [6.07, 6.45) is 1.27. The van der Waals surface area contributed by atoms with Crippen LogP contribution in [0.2, 0.25) is 0 Å².